The number of piperidine rings is 1. The zero-order valence-corrected chi connectivity index (χ0v) is 20.0. The molecular formula is C28H31N3O2S. The SMILES string of the molecule is O=C(CN1CCC(NC(=O)CSC(c2ccccc2)c2ccccc2)CC1)Nc1ccccc1. The van der Waals surface area contributed by atoms with E-state index in [4.69, 9.17) is 0 Å². The second-order valence-corrected chi connectivity index (χ2v) is 9.64. The highest BCUT2D eigenvalue weighted by molar-refractivity contribution is 8.00. The van der Waals surface area contributed by atoms with Gasteiger partial charge in [-0.1, -0.05) is 78.9 Å². The van der Waals surface area contributed by atoms with E-state index in [2.05, 4.69) is 39.8 Å². The Bertz CT molecular complexity index is 1000. The molecule has 0 aromatic heterocycles. The predicted molar refractivity (Wildman–Crippen MR) is 140 cm³/mol. The van der Waals surface area contributed by atoms with E-state index >= 15 is 0 Å². The first-order valence-electron chi connectivity index (χ1n) is 11.8. The average molecular weight is 474 g/mol. The van der Waals surface area contributed by atoms with Gasteiger partial charge in [0, 0.05) is 24.8 Å². The van der Waals surface area contributed by atoms with Crippen molar-refractivity contribution in [2.75, 3.05) is 30.7 Å². The van der Waals surface area contributed by atoms with Gasteiger partial charge in [0.05, 0.1) is 17.5 Å². The Morgan fingerprint density at radius 3 is 1.88 bits per heavy atom. The van der Waals surface area contributed by atoms with Gasteiger partial charge in [-0.05, 0) is 36.1 Å². The molecule has 1 aliphatic heterocycles. The van der Waals surface area contributed by atoms with Crippen molar-refractivity contribution in [1.82, 2.24) is 10.2 Å². The quantitative estimate of drug-likeness (QED) is 0.472. The molecule has 6 heteroatoms. The number of hydrogen-bond acceptors (Lipinski definition) is 4. The summed E-state index contributed by atoms with van der Waals surface area (Å²) in [5.74, 6) is 0.480. The van der Waals surface area contributed by atoms with Gasteiger partial charge in [-0.25, -0.2) is 0 Å². The fourth-order valence-corrected chi connectivity index (χ4v) is 5.33. The molecule has 2 N–H and O–H groups in total. The van der Waals surface area contributed by atoms with Crippen LogP contribution in [0.1, 0.15) is 29.2 Å². The lowest BCUT2D eigenvalue weighted by Gasteiger charge is -2.32. The largest absolute Gasteiger partial charge is 0.353 e. The Kier molecular flexibility index (Phi) is 8.77. The summed E-state index contributed by atoms with van der Waals surface area (Å²) in [7, 11) is 0. The maximum atomic E-state index is 12.7. The van der Waals surface area contributed by atoms with Crippen LogP contribution in [0, 0.1) is 0 Å². The minimum atomic E-state index is -0.00190. The van der Waals surface area contributed by atoms with Crippen molar-refractivity contribution >= 4 is 29.3 Å². The van der Waals surface area contributed by atoms with Gasteiger partial charge in [-0.15, -0.1) is 11.8 Å². The maximum absolute atomic E-state index is 12.7. The number of carbonyl (C=O) groups is 2. The second kappa shape index (κ2) is 12.4. The topological polar surface area (TPSA) is 61.4 Å². The van der Waals surface area contributed by atoms with Gasteiger partial charge in [0.2, 0.25) is 11.8 Å². The number of carbonyl (C=O) groups excluding carboxylic acids is 2. The molecule has 1 saturated heterocycles. The molecule has 0 radical (unpaired) electrons. The van der Waals surface area contributed by atoms with Crippen LogP contribution in [0.15, 0.2) is 91.0 Å². The smallest absolute Gasteiger partial charge is 0.238 e. The number of nitrogens with zero attached hydrogens (tertiary/aromatic N) is 1. The summed E-state index contributed by atoms with van der Waals surface area (Å²) < 4.78 is 0. The molecular weight excluding hydrogens is 442 g/mol. The summed E-state index contributed by atoms with van der Waals surface area (Å²) in [4.78, 5) is 27.2. The third-order valence-corrected chi connectivity index (χ3v) is 7.27. The van der Waals surface area contributed by atoms with Crippen LogP contribution in [-0.4, -0.2) is 48.1 Å². The molecule has 4 rings (SSSR count). The van der Waals surface area contributed by atoms with Crippen LogP contribution in [0.4, 0.5) is 5.69 Å². The molecule has 0 spiro atoms. The number of anilines is 1. The Balaban J connectivity index is 1.22. The minimum Gasteiger partial charge on any atom is -0.353 e. The number of rotatable bonds is 9. The number of hydrogen-bond donors (Lipinski definition) is 2. The minimum absolute atomic E-state index is 0.00190. The zero-order chi connectivity index (χ0) is 23.6. The van der Waals surface area contributed by atoms with E-state index in [0.29, 0.717) is 12.3 Å². The van der Waals surface area contributed by atoms with Gasteiger partial charge in [0.1, 0.15) is 0 Å². The third-order valence-electron chi connectivity index (χ3n) is 5.96. The van der Waals surface area contributed by atoms with E-state index in [1.54, 1.807) is 11.8 Å². The Hall–Kier alpha value is -3.09. The Morgan fingerprint density at radius 1 is 0.794 bits per heavy atom. The van der Waals surface area contributed by atoms with Crippen LogP contribution in [0.25, 0.3) is 0 Å². The highest BCUT2D eigenvalue weighted by Gasteiger charge is 2.23. The average Bonchev–Trinajstić information content (AvgIpc) is 2.87. The molecule has 0 saturated carbocycles. The number of amides is 2. The van der Waals surface area contributed by atoms with Crippen LogP contribution in [-0.2, 0) is 9.59 Å². The number of likely N-dealkylation sites (tertiary alicyclic amines) is 1. The summed E-state index contributed by atoms with van der Waals surface area (Å²) in [5.41, 5.74) is 3.22. The molecule has 3 aromatic carbocycles. The van der Waals surface area contributed by atoms with Crippen molar-refractivity contribution < 1.29 is 9.59 Å². The molecule has 3 aromatic rings. The van der Waals surface area contributed by atoms with Crippen molar-refractivity contribution in [3.05, 3.63) is 102 Å². The number of thioether (sulfide) groups is 1. The molecule has 2 amide bonds. The summed E-state index contributed by atoms with van der Waals surface area (Å²) in [6.07, 6.45) is 1.71. The fraction of sp³-hybridized carbons (Fsp3) is 0.286. The monoisotopic (exact) mass is 473 g/mol. The van der Waals surface area contributed by atoms with Gasteiger partial charge < -0.3 is 10.6 Å². The number of benzene rings is 3. The molecule has 1 fully saturated rings. The van der Waals surface area contributed by atoms with Crippen molar-refractivity contribution in [2.24, 2.45) is 0 Å². The molecule has 34 heavy (non-hydrogen) atoms. The van der Waals surface area contributed by atoms with E-state index in [-0.39, 0.29) is 23.1 Å². The van der Waals surface area contributed by atoms with E-state index in [1.807, 2.05) is 66.7 Å². The summed E-state index contributed by atoms with van der Waals surface area (Å²) in [6, 6.07) is 30.3. The van der Waals surface area contributed by atoms with Crippen LogP contribution >= 0.6 is 11.8 Å². The number of para-hydroxylation sites is 1. The Labute approximate surface area is 205 Å². The molecule has 0 atom stereocenters. The zero-order valence-electron chi connectivity index (χ0n) is 19.2. The van der Waals surface area contributed by atoms with Gasteiger partial charge in [-0.2, -0.15) is 0 Å². The summed E-state index contributed by atoms with van der Waals surface area (Å²) in [6.45, 7) is 1.98. The normalized spacial score (nSPS) is 14.6. The molecule has 0 unspecified atom stereocenters. The maximum Gasteiger partial charge on any atom is 0.238 e. The third kappa shape index (κ3) is 7.20. The van der Waals surface area contributed by atoms with E-state index in [1.165, 1.54) is 11.1 Å². The van der Waals surface area contributed by atoms with Crippen molar-refractivity contribution in [1.29, 1.82) is 0 Å². The van der Waals surface area contributed by atoms with Gasteiger partial charge >= 0.3 is 0 Å². The summed E-state index contributed by atoms with van der Waals surface area (Å²) >= 11 is 1.66. The first-order valence-corrected chi connectivity index (χ1v) is 12.8. The van der Waals surface area contributed by atoms with Gasteiger partial charge in [0.25, 0.3) is 0 Å². The van der Waals surface area contributed by atoms with Crippen LogP contribution in [0.2, 0.25) is 0 Å². The van der Waals surface area contributed by atoms with Gasteiger partial charge in [-0.3, -0.25) is 14.5 Å². The van der Waals surface area contributed by atoms with Gasteiger partial charge in [0.15, 0.2) is 0 Å². The first-order chi connectivity index (χ1) is 16.7. The number of nitrogens with one attached hydrogen (secondary N) is 2. The van der Waals surface area contributed by atoms with Crippen LogP contribution < -0.4 is 10.6 Å². The molecule has 0 bridgehead atoms. The lowest BCUT2D eigenvalue weighted by Crippen LogP contribution is -2.47. The lowest BCUT2D eigenvalue weighted by molar-refractivity contribution is -0.120. The van der Waals surface area contributed by atoms with E-state index in [0.717, 1.165) is 31.6 Å². The molecule has 176 valence electrons. The highest BCUT2D eigenvalue weighted by atomic mass is 32.2. The van der Waals surface area contributed by atoms with E-state index < -0.39 is 0 Å². The van der Waals surface area contributed by atoms with Crippen molar-refractivity contribution in [3.8, 4) is 0 Å². The van der Waals surface area contributed by atoms with Crippen LogP contribution in [0.3, 0.4) is 0 Å². The summed E-state index contributed by atoms with van der Waals surface area (Å²) in [5, 5.41) is 6.26. The molecule has 5 nitrogen and oxygen atoms in total. The second-order valence-electron chi connectivity index (χ2n) is 8.54. The molecule has 0 aliphatic carbocycles. The first kappa shape index (κ1) is 24.0. The van der Waals surface area contributed by atoms with Crippen molar-refractivity contribution in [3.63, 3.8) is 0 Å². The van der Waals surface area contributed by atoms with E-state index in [9.17, 15) is 9.59 Å². The van der Waals surface area contributed by atoms with Crippen LogP contribution in [0.5, 0.6) is 0 Å². The molecule has 1 aliphatic rings. The predicted octanol–water partition coefficient (Wildman–Crippen LogP) is 4.73. The molecule has 1 heterocycles. The van der Waals surface area contributed by atoms with Crippen molar-refractivity contribution in [2.45, 2.75) is 24.1 Å². The standard InChI is InChI=1S/C28H31N3O2S/c32-26(29-24-14-8-3-9-15-24)20-31-18-16-25(17-19-31)30-27(33)21-34-28(22-10-4-1-5-11-22)23-12-6-2-7-13-23/h1-15,25,28H,16-21H2,(H,29,32)(H,30,33). The highest BCUT2D eigenvalue weighted by Crippen LogP contribution is 2.35. The fourth-order valence-electron chi connectivity index (χ4n) is 4.23. The Morgan fingerprint density at radius 2 is 1.32 bits per heavy atom. The lowest BCUT2D eigenvalue weighted by atomic mass is 10.0.